The van der Waals surface area contributed by atoms with Gasteiger partial charge in [-0.3, -0.25) is 4.79 Å². The number of aliphatic hydroxyl groups excluding tert-OH is 1. The molecule has 5 unspecified atom stereocenters. The van der Waals surface area contributed by atoms with E-state index in [9.17, 15) is 15.0 Å². The molecule has 0 spiro atoms. The minimum Gasteiger partial charge on any atom is -0.481 e. The minimum atomic E-state index is -0.675. The van der Waals surface area contributed by atoms with Gasteiger partial charge in [-0.25, -0.2) is 0 Å². The molecule has 0 bridgehead atoms. The Bertz CT molecular complexity index is 644. The molecule has 3 nitrogen and oxygen atoms in total. The van der Waals surface area contributed by atoms with Crippen LogP contribution in [0.5, 0.6) is 0 Å². The number of aliphatic hydroxyl groups is 1. The average molecular weight is 403 g/mol. The van der Waals surface area contributed by atoms with Crippen molar-refractivity contribution in [2.45, 2.75) is 91.1 Å². The maximum absolute atomic E-state index is 11.5. The fourth-order valence-corrected chi connectivity index (χ4v) is 8.91. The molecule has 10 atom stereocenters. The van der Waals surface area contributed by atoms with Crippen molar-refractivity contribution in [2.75, 3.05) is 0 Å². The number of carboxylic acid groups (broad SMARTS) is 1. The van der Waals surface area contributed by atoms with Crippen LogP contribution in [0.25, 0.3) is 0 Å². The Morgan fingerprint density at radius 3 is 2.45 bits per heavy atom. The maximum Gasteiger partial charge on any atom is 0.306 e. The van der Waals surface area contributed by atoms with E-state index in [0.717, 1.165) is 37.0 Å². The van der Waals surface area contributed by atoms with Gasteiger partial charge in [0.2, 0.25) is 0 Å². The molecule has 2 N–H and O–H groups in total. The predicted octanol–water partition coefficient (Wildman–Crippen LogP) is 5.92. The Balaban J connectivity index is 1.54. The molecule has 0 aromatic heterocycles. The third-order valence-electron chi connectivity index (χ3n) is 10.6. The first-order valence-electron chi connectivity index (χ1n) is 12.2. The number of rotatable bonds is 5. The zero-order valence-electron chi connectivity index (χ0n) is 18.8. The molecular formula is C26H42O3. The molecule has 164 valence electrons. The summed E-state index contributed by atoms with van der Waals surface area (Å²) in [7, 11) is 0. The number of fused-ring (bicyclic) bond motifs is 5. The molecule has 0 amide bonds. The van der Waals surface area contributed by atoms with E-state index >= 15 is 0 Å². The first-order chi connectivity index (χ1) is 13.7. The largest absolute Gasteiger partial charge is 0.481 e. The van der Waals surface area contributed by atoms with Gasteiger partial charge in [-0.2, -0.15) is 0 Å². The van der Waals surface area contributed by atoms with Crippen LogP contribution in [0, 0.1) is 52.3 Å². The maximum atomic E-state index is 11.5. The van der Waals surface area contributed by atoms with Gasteiger partial charge in [-0.05, 0) is 111 Å². The molecule has 0 heterocycles. The van der Waals surface area contributed by atoms with Gasteiger partial charge >= 0.3 is 5.97 Å². The van der Waals surface area contributed by atoms with Crippen LogP contribution in [-0.4, -0.2) is 22.3 Å². The van der Waals surface area contributed by atoms with E-state index in [4.69, 9.17) is 0 Å². The lowest BCUT2D eigenvalue weighted by Gasteiger charge is -2.61. The zero-order valence-corrected chi connectivity index (χ0v) is 18.8. The van der Waals surface area contributed by atoms with E-state index < -0.39 is 5.97 Å². The van der Waals surface area contributed by atoms with Gasteiger partial charge < -0.3 is 10.2 Å². The van der Waals surface area contributed by atoms with Crippen LogP contribution in [0.3, 0.4) is 0 Å². The van der Waals surface area contributed by atoms with Gasteiger partial charge in [-0.15, -0.1) is 6.58 Å². The highest BCUT2D eigenvalue weighted by Gasteiger charge is 2.60. The molecule has 4 aliphatic carbocycles. The van der Waals surface area contributed by atoms with Crippen molar-refractivity contribution in [1.82, 2.24) is 0 Å². The third-order valence-corrected chi connectivity index (χ3v) is 10.6. The molecule has 0 aromatic rings. The smallest absolute Gasteiger partial charge is 0.306 e. The van der Waals surface area contributed by atoms with Gasteiger partial charge in [-0.1, -0.05) is 26.8 Å². The van der Waals surface area contributed by atoms with Crippen LogP contribution in [0.2, 0.25) is 0 Å². The average Bonchev–Trinajstić information content (AvgIpc) is 3.03. The van der Waals surface area contributed by atoms with Crippen LogP contribution in [0.1, 0.15) is 85.0 Å². The quantitative estimate of drug-likeness (QED) is 0.561. The Morgan fingerprint density at radius 1 is 1.07 bits per heavy atom. The Kier molecular flexibility index (Phi) is 5.68. The standard InChI is InChI=1S/C26H42O3/c1-5-17(14-16(2)24(28)29)21-8-9-22-20-7-6-18-15-19(27)10-12-25(18,3)23(20)11-13-26(21,22)4/h5,16-23,27H,1,6-15H2,2-4H3,(H,28,29)/t16-,17+,18?,19+,20?,21?,22?,23?,25-,26+/m0/s1. The summed E-state index contributed by atoms with van der Waals surface area (Å²) in [4.78, 5) is 11.5. The summed E-state index contributed by atoms with van der Waals surface area (Å²) in [5.74, 6) is 3.11. The molecule has 29 heavy (non-hydrogen) atoms. The number of allylic oxidation sites excluding steroid dienone is 1. The number of hydrogen-bond donors (Lipinski definition) is 2. The fraction of sp³-hybridized carbons (Fsp3) is 0.885. The lowest BCUT2D eigenvalue weighted by Crippen LogP contribution is -2.54. The highest BCUT2D eigenvalue weighted by molar-refractivity contribution is 5.69. The minimum absolute atomic E-state index is 0.0704. The first-order valence-corrected chi connectivity index (χ1v) is 12.2. The van der Waals surface area contributed by atoms with Crippen LogP contribution < -0.4 is 0 Å². The van der Waals surface area contributed by atoms with E-state index in [1.807, 2.05) is 6.92 Å². The lowest BCUT2D eigenvalue weighted by atomic mass is 9.44. The third kappa shape index (κ3) is 3.40. The van der Waals surface area contributed by atoms with Crippen LogP contribution in [-0.2, 0) is 4.79 Å². The van der Waals surface area contributed by atoms with E-state index in [-0.39, 0.29) is 12.0 Å². The molecule has 0 aliphatic heterocycles. The highest BCUT2D eigenvalue weighted by Crippen LogP contribution is 2.68. The summed E-state index contributed by atoms with van der Waals surface area (Å²) in [6, 6.07) is 0. The van der Waals surface area contributed by atoms with Crippen molar-refractivity contribution in [1.29, 1.82) is 0 Å². The SMILES string of the molecule is C=C[C@H](C[C@H](C)C(=O)O)C1CCC2C3CCC4C[C@H](O)CC[C@]4(C)C3CC[C@@]21C. The topological polar surface area (TPSA) is 57.5 Å². The van der Waals surface area contributed by atoms with E-state index in [1.54, 1.807) is 0 Å². The Morgan fingerprint density at radius 2 is 1.76 bits per heavy atom. The molecular weight excluding hydrogens is 360 g/mol. The summed E-state index contributed by atoms with van der Waals surface area (Å²) in [5, 5.41) is 19.7. The van der Waals surface area contributed by atoms with Crippen molar-refractivity contribution in [3.8, 4) is 0 Å². The summed E-state index contributed by atoms with van der Waals surface area (Å²) in [5.41, 5.74) is 0.771. The van der Waals surface area contributed by atoms with Crippen molar-refractivity contribution < 1.29 is 15.0 Å². The summed E-state index contributed by atoms with van der Waals surface area (Å²) in [6.45, 7) is 11.1. The number of carboxylic acids is 1. The number of hydrogen-bond acceptors (Lipinski definition) is 2. The fourth-order valence-electron chi connectivity index (χ4n) is 8.91. The molecule has 3 heteroatoms. The Hall–Kier alpha value is -0.830. The van der Waals surface area contributed by atoms with Gasteiger partial charge in [0.25, 0.3) is 0 Å². The normalized spacial score (nSPS) is 48.7. The summed E-state index contributed by atoms with van der Waals surface area (Å²) in [6.07, 6.45) is 13.8. The summed E-state index contributed by atoms with van der Waals surface area (Å²) < 4.78 is 0. The van der Waals surface area contributed by atoms with Gasteiger partial charge in [0.15, 0.2) is 0 Å². The van der Waals surface area contributed by atoms with Gasteiger partial charge in [0.05, 0.1) is 12.0 Å². The van der Waals surface area contributed by atoms with E-state index in [2.05, 4.69) is 26.5 Å². The van der Waals surface area contributed by atoms with Gasteiger partial charge in [0, 0.05) is 0 Å². The second-order valence-electron chi connectivity index (χ2n) is 11.7. The molecule has 0 aromatic carbocycles. The second-order valence-corrected chi connectivity index (χ2v) is 11.7. The Labute approximate surface area is 177 Å². The van der Waals surface area contributed by atoms with Crippen molar-refractivity contribution in [3.05, 3.63) is 12.7 Å². The number of aliphatic carboxylic acids is 1. The summed E-state index contributed by atoms with van der Waals surface area (Å²) >= 11 is 0. The lowest BCUT2D eigenvalue weighted by molar-refractivity contribution is -0.142. The van der Waals surface area contributed by atoms with Crippen LogP contribution in [0.4, 0.5) is 0 Å². The molecule has 0 radical (unpaired) electrons. The van der Waals surface area contributed by atoms with Crippen molar-refractivity contribution in [3.63, 3.8) is 0 Å². The highest BCUT2D eigenvalue weighted by atomic mass is 16.4. The van der Waals surface area contributed by atoms with Crippen molar-refractivity contribution in [2.24, 2.45) is 52.3 Å². The van der Waals surface area contributed by atoms with Gasteiger partial charge in [0.1, 0.15) is 0 Å². The van der Waals surface area contributed by atoms with Crippen molar-refractivity contribution >= 4 is 5.97 Å². The molecule has 0 saturated heterocycles. The molecule has 4 aliphatic rings. The molecule has 4 saturated carbocycles. The molecule has 4 rings (SSSR count). The van der Waals surface area contributed by atoms with E-state index in [0.29, 0.717) is 28.6 Å². The van der Waals surface area contributed by atoms with Crippen LogP contribution >= 0.6 is 0 Å². The molecule has 4 fully saturated rings. The van der Waals surface area contributed by atoms with Crippen LogP contribution in [0.15, 0.2) is 12.7 Å². The second kappa shape index (κ2) is 7.70. The first kappa shape index (κ1) is 21.4. The zero-order chi connectivity index (χ0) is 21.0. The monoisotopic (exact) mass is 402 g/mol. The predicted molar refractivity (Wildman–Crippen MR) is 116 cm³/mol. The van der Waals surface area contributed by atoms with E-state index in [1.165, 1.54) is 44.9 Å². The number of carbonyl (C=O) groups is 1.